The van der Waals surface area contributed by atoms with Crippen LogP contribution in [0, 0.1) is 10.8 Å². The number of rotatable bonds is 5. The smallest absolute Gasteiger partial charge is 0.317 e. The molecule has 0 spiro atoms. The molecule has 2 heterocycles. The summed E-state index contributed by atoms with van der Waals surface area (Å²) >= 11 is 24.5. The quantitative estimate of drug-likeness (QED) is 0.464. The highest BCUT2D eigenvalue weighted by molar-refractivity contribution is 6.42. The molecule has 0 bridgehead atoms. The minimum Gasteiger partial charge on any atom is -0.317 e. The second-order valence-corrected chi connectivity index (χ2v) is 9.40. The van der Waals surface area contributed by atoms with Crippen LogP contribution in [0.2, 0.25) is 20.1 Å². The Bertz CT molecular complexity index is 1120. The molecule has 10 heteroatoms. The monoisotopic (exact) mass is 512 g/mol. The van der Waals surface area contributed by atoms with Crippen LogP contribution in [0.5, 0.6) is 0 Å². The second kappa shape index (κ2) is 8.34. The summed E-state index contributed by atoms with van der Waals surface area (Å²) in [7, 11) is 0. The van der Waals surface area contributed by atoms with Crippen LogP contribution >= 0.6 is 46.4 Å². The third-order valence-electron chi connectivity index (χ3n) is 6.10. The lowest BCUT2D eigenvalue weighted by molar-refractivity contribution is -0.163. The zero-order chi connectivity index (χ0) is 23.3. The van der Waals surface area contributed by atoms with Crippen LogP contribution in [-0.4, -0.2) is 23.4 Å². The van der Waals surface area contributed by atoms with Crippen molar-refractivity contribution in [3.8, 4) is 0 Å². The van der Waals surface area contributed by atoms with Crippen LogP contribution in [0.4, 0.5) is 0 Å². The molecule has 2 aliphatic rings. The van der Waals surface area contributed by atoms with Crippen molar-refractivity contribution in [2.45, 2.75) is 26.7 Å². The molecule has 32 heavy (non-hydrogen) atoms. The average Bonchev–Trinajstić information content (AvgIpc) is 3.19. The largest absolute Gasteiger partial charge is 0.348 e. The molecule has 0 fully saturated rings. The number of nitrogens with zero attached hydrogens (tertiary/aromatic N) is 2. The number of benzene rings is 2. The summed E-state index contributed by atoms with van der Waals surface area (Å²) in [5.74, 6) is -1.37. The van der Waals surface area contributed by atoms with Crippen molar-refractivity contribution < 1.29 is 19.3 Å². The normalized spacial score (nSPS) is 24.8. The highest BCUT2D eigenvalue weighted by Gasteiger charge is 2.70. The van der Waals surface area contributed by atoms with E-state index in [1.54, 1.807) is 50.2 Å². The van der Waals surface area contributed by atoms with Crippen molar-refractivity contribution in [1.29, 1.82) is 0 Å². The molecule has 0 saturated carbocycles. The molecule has 0 aliphatic carbocycles. The third kappa shape index (κ3) is 3.41. The van der Waals surface area contributed by atoms with Crippen LogP contribution in [0.1, 0.15) is 25.0 Å². The molecule has 2 aromatic rings. The fourth-order valence-electron chi connectivity index (χ4n) is 4.41. The van der Waals surface area contributed by atoms with Gasteiger partial charge in [0.05, 0.1) is 31.5 Å². The first kappa shape index (κ1) is 23.1. The Labute approximate surface area is 204 Å². The molecule has 0 amide bonds. The van der Waals surface area contributed by atoms with Crippen molar-refractivity contribution in [2.24, 2.45) is 21.1 Å². The molecule has 0 saturated heterocycles. The molecule has 2 atom stereocenters. The Morgan fingerprint density at radius 1 is 0.688 bits per heavy atom. The van der Waals surface area contributed by atoms with E-state index in [0.29, 0.717) is 42.6 Å². The van der Waals surface area contributed by atoms with E-state index in [1.165, 1.54) is 0 Å². The van der Waals surface area contributed by atoms with Crippen LogP contribution in [0.25, 0.3) is 0 Å². The van der Waals surface area contributed by atoms with E-state index in [2.05, 4.69) is 10.3 Å². The van der Waals surface area contributed by atoms with Crippen molar-refractivity contribution in [1.82, 2.24) is 0 Å². The van der Waals surface area contributed by atoms with E-state index in [4.69, 9.17) is 56.1 Å². The van der Waals surface area contributed by atoms with Gasteiger partial charge in [-0.05, 0) is 62.1 Å². The van der Waals surface area contributed by atoms with Crippen LogP contribution in [0.15, 0.2) is 46.7 Å². The lowest BCUT2D eigenvalue weighted by atomic mass is 9.54. The van der Waals surface area contributed by atoms with Gasteiger partial charge in [-0.3, -0.25) is 0 Å². The lowest BCUT2D eigenvalue weighted by Gasteiger charge is -2.40. The lowest BCUT2D eigenvalue weighted by Crippen LogP contribution is -2.59. The van der Waals surface area contributed by atoms with Gasteiger partial charge in [0.15, 0.2) is 0 Å². The van der Waals surface area contributed by atoms with Gasteiger partial charge in [0.2, 0.25) is 0 Å². The summed E-state index contributed by atoms with van der Waals surface area (Å²) in [5, 5.41) is 9.25. The predicted octanol–water partition coefficient (Wildman–Crippen LogP) is 5.92. The summed E-state index contributed by atoms with van der Waals surface area (Å²) in [5.41, 5.74) is -1.10. The SMILES string of the molecule is CC1=NOC(=O)C1(Cc1ccc(Cl)c(Cl)c1)C1(Cc2ccc(Cl)c(Cl)c2)C(=O)ON=C1C. The van der Waals surface area contributed by atoms with E-state index >= 15 is 0 Å². The molecule has 166 valence electrons. The van der Waals surface area contributed by atoms with Crippen molar-refractivity contribution in [3.05, 3.63) is 67.6 Å². The summed E-state index contributed by atoms with van der Waals surface area (Å²) in [4.78, 5) is 36.9. The zero-order valence-corrected chi connectivity index (χ0v) is 19.9. The van der Waals surface area contributed by atoms with Gasteiger partial charge in [0, 0.05) is 0 Å². The van der Waals surface area contributed by atoms with Gasteiger partial charge in [-0.25, -0.2) is 9.59 Å². The number of carbonyl (C=O) groups is 2. The Balaban J connectivity index is 1.92. The van der Waals surface area contributed by atoms with Crippen molar-refractivity contribution in [2.75, 3.05) is 0 Å². The fourth-order valence-corrected chi connectivity index (χ4v) is 5.05. The van der Waals surface area contributed by atoms with E-state index in [-0.39, 0.29) is 12.8 Å². The molecule has 4 rings (SSSR count). The first-order valence-corrected chi connectivity index (χ1v) is 11.0. The molecule has 6 nitrogen and oxygen atoms in total. The molecule has 2 unspecified atom stereocenters. The maximum Gasteiger partial charge on any atom is 0.348 e. The summed E-state index contributed by atoms with van der Waals surface area (Å²) in [6, 6.07) is 10.00. The third-order valence-corrected chi connectivity index (χ3v) is 7.58. The van der Waals surface area contributed by atoms with Gasteiger partial charge in [-0.1, -0.05) is 68.8 Å². The van der Waals surface area contributed by atoms with Crippen LogP contribution in [0.3, 0.4) is 0 Å². The second-order valence-electron chi connectivity index (χ2n) is 7.77. The molecule has 0 N–H and O–H groups in total. The van der Waals surface area contributed by atoms with Crippen molar-refractivity contribution >= 4 is 69.8 Å². The van der Waals surface area contributed by atoms with E-state index in [9.17, 15) is 9.59 Å². The van der Waals surface area contributed by atoms with E-state index in [0.717, 1.165) is 0 Å². The maximum atomic E-state index is 13.4. The highest BCUT2D eigenvalue weighted by Crippen LogP contribution is 2.53. The van der Waals surface area contributed by atoms with Gasteiger partial charge < -0.3 is 9.68 Å². The van der Waals surface area contributed by atoms with E-state index < -0.39 is 22.8 Å². The van der Waals surface area contributed by atoms with Gasteiger partial charge in [0.25, 0.3) is 0 Å². The Morgan fingerprint density at radius 3 is 1.34 bits per heavy atom. The van der Waals surface area contributed by atoms with Gasteiger partial charge in [0.1, 0.15) is 10.8 Å². The number of hydrogen-bond acceptors (Lipinski definition) is 6. The minimum absolute atomic E-state index is 0.0569. The van der Waals surface area contributed by atoms with Gasteiger partial charge >= 0.3 is 11.9 Å². The molecule has 0 radical (unpaired) electrons. The topological polar surface area (TPSA) is 77.3 Å². The van der Waals surface area contributed by atoms with E-state index in [1.807, 2.05) is 0 Å². The maximum absolute atomic E-state index is 13.4. The number of halogens is 4. The molecule has 2 aliphatic heterocycles. The van der Waals surface area contributed by atoms with Crippen molar-refractivity contribution in [3.63, 3.8) is 0 Å². The van der Waals surface area contributed by atoms with Crippen LogP contribution < -0.4 is 0 Å². The first-order chi connectivity index (χ1) is 15.1. The first-order valence-electron chi connectivity index (χ1n) is 9.53. The average molecular weight is 514 g/mol. The standard InChI is InChI=1S/C22H16Cl4N2O4/c1-11-21(19(29)31-27-11,9-13-3-5-15(23)17(25)7-13)22(12(2)28-32-20(22)30)10-14-4-6-16(24)18(26)8-14/h3-8H,9-10H2,1-2H3. The number of carbonyl (C=O) groups excluding carboxylic acids is 2. The molecular weight excluding hydrogens is 498 g/mol. The number of hydrogen-bond donors (Lipinski definition) is 0. The van der Waals surface area contributed by atoms with Crippen LogP contribution in [-0.2, 0) is 32.1 Å². The molecule has 0 aromatic heterocycles. The summed E-state index contributed by atoms with van der Waals surface area (Å²) in [6.07, 6.45) is 0.114. The summed E-state index contributed by atoms with van der Waals surface area (Å²) < 4.78 is 0. The summed E-state index contributed by atoms with van der Waals surface area (Å²) in [6.45, 7) is 3.27. The van der Waals surface area contributed by atoms with Gasteiger partial charge in [-0.15, -0.1) is 0 Å². The minimum atomic E-state index is -1.53. The Morgan fingerprint density at radius 2 is 1.06 bits per heavy atom. The van der Waals surface area contributed by atoms with Gasteiger partial charge in [-0.2, -0.15) is 0 Å². The zero-order valence-electron chi connectivity index (χ0n) is 16.9. The highest BCUT2D eigenvalue weighted by atomic mass is 35.5. The Hall–Kier alpha value is -2.12. The molecule has 2 aromatic carbocycles. The molecular formula is C22H16Cl4N2O4. The number of oxime groups is 2. The predicted molar refractivity (Wildman–Crippen MR) is 124 cm³/mol. The Kier molecular flexibility index (Phi) is 6.01. The fraction of sp³-hybridized carbons (Fsp3) is 0.273.